The number of carbonyl (C=O) groups is 2. The fraction of sp³-hybridized carbons (Fsp3) is 0.229. The molecule has 0 saturated heterocycles. The Hall–Kier alpha value is -4.64. The Morgan fingerprint density at radius 2 is 1.47 bits per heavy atom. The number of rotatable bonds is 15. The van der Waals surface area contributed by atoms with Crippen LogP contribution >= 0.6 is 11.6 Å². The van der Waals surface area contributed by atoms with Crippen LogP contribution in [0.5, 0.6) is 5.75 Å². The summed E-state index contributed by atoms with van der Waals surface area (Å²) in [6.45, 7) is 2.38. The van der Waals surface area contributed by atoms with Crippen molar-refractivity contribution in [2.24, 2.45) is 0 Å². The zero-order valence-corrected chi connectivity index (χ0v) is 24.5. The van der Waals surface area contributed by atoms with Crippen molar-refractivity contribution in [3.8, 4) is 22.9 Å². The number of aliphatic carboxylic acids is 1. The van der Waals surface area contributed by atoms with Gasteiger partial charge in [0, 0.05) is 24.5 Å². The third kappa shape index (κ3) is 9.71. The van der Waals surface area contributed by atoms with E-state index in [1.807, 2.05) is 66.7 Å². The van der Waals surface area contributed by atoms with E-state index in [9.17, 15) is 14.7 Å². The summed E-state index contributed by atoms with van der Waals surface area (Å²) < 4.78 is 6.23. The molecule has 7 nitrogen and oxygen atoms in total. The van der Waals surface area contributed by atoms with Crippen LogP contribution in [0.3, 0.4) is 0 Å². The first-order chi connectivity index (χ1) is 20.8. The summed E-state index contributed by atoms with van der Waals surface area (Å²) in [5.41, 5.74) is 5.93. The van der Waals surface area contributed by atoms with Gasteiger partial charge in [-0.2, -0.15) is 5.26 Å². The molecular weight excluding hydrogens is 564 g/mol. The molecule has 0 bridgehead atoms. The van der Waals surface area contributed by atoms with E-state index in [0.717, 1.165) is 40.0 Å². The van der Waals surface area contributed by atoms with Crippen LogP contribution in [0.25, 0.3) is 11.1 Å². The van der Waals surface area contributed by atoms with Crippen molar-refractivity contribution in [3.05, 3.63) is 124 Å². The van der Waals surface area contributed by atoms with Crippen LogP contribution in [0.1, 0.15) is 51.9 Å². The largest absolute Gasteiger partial charge is 0.489 e. The van der Waals surface area contributed by atoms with E-state index in [1.54, 1.807) is 24.3 Å². The Morgan fingerprint density at radius 3 is 2.09 bits per heavy atom. The minimum atomic E-state index is -0.965. The first-order valence-corrected chi connectivity index (χ1v) is 14.5. The van der Waals surface area contributed by atoms with Crippen LogP contribution in [-0.2, 0) is 24.4 Å². The molecule has 0 spiro atoms. The van der Waals surface area contributed by atoms with Crippen LogP contribution in [0.2, 0.25) is 5.02 Å². The summed E-state index contributed by atoms with van der Waals surface area (Å²) in [6, 6.07) is 30.2. The van der Waals surface area contributed by atoms with E-state index in [-0.39, 0.29) is 12.0 Å². The lowest BCUT2D eigenvalue weighted by molar-refractivity contribution is -0.137. The topological polar surface area (TPSA) is 111 Å². The number of carboxylic acids is 2. The molecule has 0 amide bonds. The minimum Gasteiger partial charge on any atom is -0.489 e. The summed E-state index contributed by atoms with van der Waals surface area (Å²) in [7, 11) is 0. The maximum absolute atomic E-state index is 11.2. The fourth-order valence-corrected chi connectivity index (χ4v) is 4.94. The van der Waals surface area contributed by atoms with Gasteiger partial charge in [0.1, 0.15) is 12.4 Å². The number of benzene rings is 4. The number of hydrogen-bond acceptors (Lipinski definition) is 5. The smallest absolute Gasteiger partial charge is 0.335 e. The van der Waals surface area contributed by atoms with Gasteiger partial charge >= 0.3 is 11.9 Å². The molecule has 0 heterocycles. The van der Waals surface area contributed by atoms with Crippen molar-refractivity contribution in [2.45, 2.75) is 38.8 Å². The molecular formula is C35H33ClN2O5. The van der Waals surface area contributed by atoms with Crippen molar-refractivity contribution in [3.63, 3.8) is 0 Å². The average Bonchev–Trinajstić information content (AvgIpc) is 3.01. The van der Waals surface area contributed by atoms with E-state index in [2.05, 4.69) is 11.0 Å². The number of aromatic carboxylic acids is 1. The Morgan fingerprint density at radius 1 is 0.814 bits per heavy atom. The van der Waals surface area contributed by atoms with E-state index in [1.165, 1.54) is 0 Å². The summed E-state index contributed by atoms with van der Waals surface area (Å²) >= 11 is 6.36. The molecule has 8 heteroatoms. The van der Waals surface area contributed by atoms with Crippen LogP contribution in [0.4, 0.5) is 0 Å². The highest BCUT2D eigenvalue weighted by Gasteiger charge is 2.12. The van der Waals surface area contributed by atoms with Gasteiger partial charge in [-0.15, -0.1) is 0 Å². The van der Waals surface area contributed by atoms with Crippen molar-refractivity contribution in [2.75, 3.05) is 13.1 Å². The predicted molar refractivity (Wildman–Crippen MR) is 166 cm³/mol. The molecule has 2 N–H and O–H groups in total. The van der Waals surface area contributed by atoms with Crippen molar-refractivity contribution in [1.82, 2.24) is 4.90 Å². The van der Waals surface area contributed by atoms with Gasteiger partial charge in [0.15, 0.2) is 0 Å². The van der Waals surface area contributed by atoms with Crippen molar-refractivity contribution < 1.29 is 24.5 Å². The first kappa shape index (κ1) is 31.3. The monoisotopic (exact) mass is 596 g/mol. The average molecular weight is 597 g/mol. The Balaban J connectivity index is 1.40. The molecule has 4 rings (SSSR count). The van der Waals surface area contributed by atoms with Gasteiger partial charge in [0.2, 0.25) is 0 Å². The number of nitriles is 1. The number of halogens is 1. The molecule has 0 saturated carbocycles. The van der Waals surface area contributed by atoms with Crippen LogP contribution in [0, 0.1) is 11.3 Å². The highest BCUT2D eigenvalue weighted by atomic mass is 35.5. The van der Waals surface area contributed by atoms with Crippen LogP contribution in [0.15, 0.2) is 91.0 Å². The molecule has 4 aromatic rings. The van der Waals surface area contributed by atoms with Gasteiger partial charge in [0.05, 0.1) is 17.2 Å². The van der Waals surface area contributed by atoms with E-state index >= 15 is 0 Å². The van der Waals surface area contributed by atoms with Gasteiger partial charge in [0.25, 0.3) is 0 Å². The Kier molecular flexibility index (Phi) is 11.3. The highest BCUT2D eigenvalue weighted by molar-refractivity contribution is 6.30. The number of nitrogens with zero attached hydrogens (tertiary/aromatic N) is 2. The summed E-state index contributed by atoms with van der Waals surface area (Å²) in [5, 5.41) is 27.9. The number of carboxylic acid groups (broad SMARTS) is 2. The normalized spacial score (nSPS) is 10.8. The van der Waals surface area contributed by atoms with Crippen LogP contribution in [-0.4, -0.2) is 40.1 Å². The zero-order valence-electron chi connectivity index (χ0n) is 23.7. The van der Waals surface area contributed by atoms with Gasteiger partial charge in [-0.25, -0.2) is 4.79 Å². The fourth-order valence-electron chi connectivity index (χ4n) is 4.75. The molecule has 0 atom stereocenters. The summed E-state index contributed by atoms with van der Waals surface area (Å²) in [6.07, 6.45) is 2.11. The second-order valence-electron chi connectivity index (χ2n) is 10.3. The second-order valence-corrected chi connectivity index (χ2v) is 10.7. The Bertz CT molecular complexity index is 1560. The first-order valence-electron chi connectivity index (χ1n) is 14.1. The molecule has 4 aromatic carbocycles. The molecule has 0 aliphatic rings. The van der Waals surface area contributed by atoms with Gasteiger partial charge in [-0.1, -0.05) is 60.1 Å². The standard InChI is InChI=1S/C35H33ClN2O5/c36-32-16-17-33(43-24-27-8-12-29(13-9-27)28-10-4-25(22-37)5-11-28)31(21-32)18-20-38(19-2-1-3-34(39)40)23-26-6-14-30(15-7-26)35(41)42/h4-17,21H,1-3,18-20,23-24H2,(H,39,40)(H,41,42). The molecule has 0 fully saturated rings. The SMILES string of the molecule is N#Cc1ccc(-c2ccc(COc3ccc(Cl)cc3CCN(CCCCC(=O)O)Cc3ccc(C(=O)O)cc3)cc2)cc1. The van der Waals surface area contributed by atoms with Gasteiger partial charge in [-0.3, -0.25) is 9.69 Å². The second kappa shape index (κ2) is 15.5. The maximum Gasteiger partial charge on any atom is 0.335 e. The number of hydrogen-bond donors (Lipinski definition) is 2. The van der Waals surface area contributed by atoms with E-state index in [0.29, 0.717) is 49.7 Å². The zero-order chi connectivity index (χ0) is 30.6. The summed E-state index contributed by atoms with van der Waals surface area (Å²) in [4.78, 5) is 24.4. The van der Waals surface area contributed by atoms with E-state index < -0.39 is 11.9 Å². The lowest BCUT2D eigenvalue weighted by Crippen LogP contribution is -2.27. The Labute approximate surface area is 256 Å². The quantitative estimate of drug-likeness (QED) is 0.137. The number of unbranched alkanes of at least 4 members (excludes halogenated alkanes) is 1. The van der Waals surface area contributed by atoms with Crippen LogP contribution < -0.4 is 4.74 Å². The number of ether oxygens (including phenoxy) is 1. The van der Waals surface area contributed by atoms with Gasteiger partial charge < -0.3 is 14.9 Å². The third-order valence-corrected chi connectivity index (χ3v) is 7.37. The molecule has 0 aromatic heterocycles. The molecule has 0 unspecified atom stereocenters. The molecule has 0 aliphatic carbocycles. The molecule has 43 heavy (non-hydrogen) atoms. The van der Waals surface area contributed by atoms with Gasteiger partial charge in [-0.05, 0) is 96.1 Å². The predicted octanol–water partition coefficient (Wildman–Crippen LogP) is 7.46. The summed E-state index contributed by atoms with van der Waals surface area (Å²) in [5.74, 6) is -1.02. The molecule has 0 aliphatic heterocycles. The lowest BCUT2D eigenvalue weighted by atomic mass is 10.0. The minimum absolute atomic E-state index is 0.127. The highest BCUT2D eigenvalue weighted by Crippen LogP contribution is 2.26. The molecule has 0 radical (unpaired) electrons. The molecule has 220 valence electrons. The third-order valence-electron chi connectivity index (χ3n) is 7.14. The van der Waals surface area contributed by atoms with Crippen molar-refractivity contribution in [1.29, 1.82) is 5.26 Å². The van der Waals surface area contributed by atoms with E-state index in [4.69, 9.17) is 26.7 Å². The lowest BCUT2D eigenvalue weighted by Gasteiger charge is -2.23. The maximum atomic E-state index is 11.2. The van der Waals surface area contributed by atoms with Crippen molar-refractivity contribution >= 4 is 23.5 Å².